The quantitative estimate of drug-likeness (QED) is 0.366. The normalized spacial score (nSPS) is 11.7. The molecule has 2 aromatic rings. The van der Waals surface area contributed by atoms with Gasteiger partial charge in [0.1, 0.15) is 12.4 Å². The molecule has 0 radical (unpaired) electrons. The zero-order chi connectivity index (χ0) is 23.5. The second kappa shape index (κ2) is 13.0. The van der Waals surface area contributed by atoms with Crippen LogP contribution in [0.2, 0.25) is 0 Å². The Balaban J connectivity index is 2.05. The zero-order valence-electron chi connectivity index (χ0n) is 20.4. The number of rotatable bonds is 13. The number of nitrogens with zero attached hydrogens (tertiary/aromatic N) is 3. The van der Waals surface area contributed by atoms with Crippen molar-refractivity contribution in [3.63, 3.8) is 0 Å². The van der Waals surface area contributed by atoms with E-state index in [1.165, 1.54) is 0 Å². The minimum absolute atomic E-state index is 0.0415. The maximum absolute atomic E-state index is 13.2. The predicted molar refractivity (Wildman–Crippen MR) is 131 cm³/mol. The van der Waals surface area contributed by atoms with Crippen LogP contribution in [-0.2, 0) is 22.6 Å². The van der Waals surface area contributed by atoms with Crippen LogP contribution in [0, 0.1) is 11.8 Å². The molecular formula is C26H40N4O2. The van der Waals surface area contributed by atoms with Gasteiger partial charge in [-0.2, -0.15) is 0 Å². The summed E-state index contributed by atoms with van der Waals surface area (Å²) >= 11 is 0. The minimum Gasteiger partial charge on any atom is -0.353 e. The predicted octanol–water partition coefficient (Wildman–Crippen LogP) is 4.58. The summed E-state index contributed by atoms with van der Waals surface area (Å²) in [5.41, 5.74) is 1.96. The fourth-order valence-electron chi connectivity index (χ4n) is 3.89. The van der Waals surface area contributed by atoms with Gasteiger partial charge in [-0.25, -0.2) is 4.98 Å². The van der Waals surface area contributed by atoms with Gasteiger partial charge in [0.05, 0.1) is 11.0 Å². The molecule has 2 amide bonds. The third-order valence-corrected chi connectivity index (χ3v) is 5.25. The maximum atomic E-state index is 13.2. The highest BCUT2D eigenvalue weighted by molar-refractivity contribution is 5.87. The highest BCUT2D eigenvalue weighted by atomic mass is 16.2. The van der Waals surface area contributed by atoms with Crippen molar-refractivity contribution in [2.45, 2.75) is 66.8 Å². The minimum atomic E-state index is -0.0415. The van der Waals surface area contributed by atoms with E-state index in [0.29, 0.717) is 24.9 Å². The average Bonchev–Trinajstić information content (AvgIpc) is 3.07. The summed E-state index contributed by atoms with van der Waals surface area (Å²) in [6.07, 6.45) is 7.00. The average molecular weight is 441 g/mol. The van der Waals surface area contributed by atoms with Crippen LogP contribution in [0.3, 0.4) is 0 Å². The monoisotopic (exact) mass is 440 g/mol. The second-order valence-electron chi connectivity index (χ2n) is 9.29. The molecule has 0 saturated carbocycles. The molecule has 1 aromatic carbocycles. The van der Waals surface area contributed by atoms with E-state index in [0.717, 1.165) is 55.6 Å². The number of fused-ring (bicyclic) bond motifs is 1. The van der Waals surface area contributed by atoms with E-state index < -0.39 is 0 Å². The van der Waals surface area contributed by atoms with Crippen LogP contribution >= 0.6 is 0 Å². The van der Waals surface area contributed by atoms with E-state index in [1.54, 1.807) is 12.2 Å². The summed E-state index contributed by atoms with van der Waals surface area (Å²) in [5, 5.41) is 2.89. The number of carbonyl (C=O) groups is 2. The molecule has 176 valence electrons. The van der Waals surface area contributed by atoms with Crippen LogP contribution in [0.5, 0.6) is 0 Å². The lowest BCUT2D eigenvalue weighted by Crippen LogP contribution is -2.39. The van der Waals surface area contributed by atoms with Gasteiger partial charge in [0, 0.05) is 26.1 Å². The van der Waals surface area contributed by atoms with Gasteiger partial charge >= 0.3 is 0 Å². The van der Waals surface area contributed by atoms with Crippen molar-refractivity contribution < 1.29 is 9.59 Å². The lowest BCUT2D eigenvalue weighted by molar-refractivity contribution is -0.132. The summed E-state index contributed by atoms with van der Waals surface area (Å²) in [4.78, 5) is 31.6. The zero-order valence-corrected chi connectivity index (χ0v) is 20.4. The summed E-state index contributed by atoms with van der Waals surface area (Å²) in [6, 6.07) is 8.05. The first-order valence-electron chi connectivity index (χ1n) is 11.9. The van der Waals surface area contributed by atoms with Gasteiger partial charge in [-0.05, 0) is 49.8 Å². The van der Waals surface area contributed by atoms with Gasteiger partial charge in [0.15, 0.2) is 0 Å². The van der Waals surface area contributed by atoms with Crippen molar-refractivity contribution in [1.29, 1.82) is 0 Å². The van der Waals surface area contributed by atoms with Crippen LogP contribution in [0.1, 0.15) is 59.7 Å². The first kappa shape index (κ1) is 25.6. The molecule has 0 bridgehead atoms. The number of hydrogen-bond acceptors (Lipinski definition) is 3. The van der Waals surface area contributed by atoms with E-state index in [9.17, 15) is 9.59 Å². The Morgan fingerprint density at radius 2 is 1.75 bits per heavy atom. The molecule has 1 heterocycles. The molecule has 6 heteroatoms. The molecule has 6 nitrogen and oxygen atoms in total. The highest BCUT2D eigenvalue weighted by Crippen LogP contribution is 2.19. The molecule has 0 aliphatic rings. The number of unbranched alkanes of at least 4 members (excludes halogenated alkanes) is 2. The van der Waals surface area contributed by atoms with Crippen molar-refractivity contribution >= 4 is 22.8 Å². The third kappa shape index (κ3) is 8.13. The SMILES string of the molecule is C/C=C/C(=O)NCCCCCc1nc2ccccc2n1CC(=O)N(CC(C)C)CC(C)C. The maximum Gasteiger partial charge on any atom is 0.243 e. The van der Waals surface area contributed by atoms with Gasteiger partial charge in [0.25, 0.3) is 0 Å². The number of benzene rings is 1. The van der Waals surface area contributed by atoms with E-state index in [-0.39, 0.29) is 11.8 Å². The number of imidazole rings is 1. The fraction of sp³-hybridized carbons (Fsp3) is 0.577. The van der Waals surface area contributed by atoms with E-state index in [2.05, 4.69) is 37.6 Å². The molecule has 1 aromatic heterocycles. The van der Waals surface area contributed by atoms with Crippen LogP contribution in [0.4, 0.5) is 0 Å². The number of carbonyl (C=O) groups excluding carboxylic acids is 2. The van der Waals surface area contributed by atoms with Gasteiger partial charge in [0.2, 0.25) is 11.8 Å². The van der Waals surface area contributed by atoms with E-state index in [1.807, 2.05) is 36.1 Å². The molecule has 0 spiro atoms. The number of aryl methyl sites for hydroxylation is 1. The molecule has 0 aliphatic heterocycles. The van der Waals surface area contributed by atoms with Crippen LogP contribution < -0.4 is 5.32 Å². The Bertz CT molecular complexity index is 888. The summed E-state index contributed by atoms with van der Waals surface area (Å²) in [7, 11) is 0. The van der Waals surface area contributed by atoms with Crippen molar-refractivity contribution in [2.24, 2.45) is 11.8 Å². The molecule has 1 N–H and O–H groups in total. The van der Waals surface area contributed by atoms with E-state index in [4.69, 9.17) is 4.98 Å². The number of amides is 2. The Hall–Kier alpha value is -2.63. The Kier molecular flexibility index (Phi) is 10.4. The third-order valence-electron chi connectivity index (χ3n) is 5.25. The lowest BCUT2D eigenvalue weighted by Gasteiger charge is -2.27. The van der Waals surface area contributed by atoms with Crippen LogP contribution in [0.25, 0.3) is 11.0 Å². The topological polar surface area (TPSA) is 67.2 Å². The number of aromatic nitrogens is 2. The number of nitrogens with one attached hydrogen (secondary N) is 1. The van der Waals surface area contributed by atoms with Gasteiger partial charge in [-0.3, -0.25) is 9.59 Å². The van der Waals surface area contributed by atoms with Crippen molar-refractivity contribution in [1.82, 2.24) is 19.8 Å². The van der Waals surface area contributed by atoms with Gasteiger partial charge in [-0.1, -0.05) is 52.3 Å². The molecule has 0 fully saturated rings. The Morgan fingerprint density at radius 3 is 2.41 bits per heavy atom. The van der Waals surface area contributed by atoms with E-state index >= 15 is 0 Å². The largest absolute Gasteiger partial charge is 0.353 e. The summed E-state index contributed by atoms with van der Waals surface area (Å²) in [5.74, 6) is 1.95. The van der Waals surface area contributed by atoms with Crippen molar-refractivity contribution in [3.05, 3.63) is 42.2 Å². The molecule has 32 heavy (non-hydrogen) atoms. The lowest BCUT2D eigenvalue weighted by atomic mass is 10.1. The molecular weight excluding hydrogens is 400 g/mol. The first-order chi connectivity index (χ1) is 15.3. The second-order valence-corrected chi connectivity index (χ2v) is 9.29. The summed E-state index contributed by atoms with van der Waals surface area (Å²) < 4.78 is 2.10. The number of allylic oxidation sites excluding steroid dienone is 1. The smallest absolute Gasteiger partial charge is 0.243 e. The van der Waals surface area contributed by atoms with Gasteiger partial charge < -0.3 is 14.8 Å². The summed E-state index contributed by atoms with van der Waals surface area (Å²) in [6.45, 7) is 13.0. The van der Waals surface area contributed by atoms with Crippen LogP contribution in [0.15, 0.2) is 36.4 Å². The molecule has 0 unspecified atom stereocenters. The standard InChI is InChI=1S/C26H40N4O2/c1-6-12-25(31)27-16-11-7-8-15-24-28-22-13-9-10-14-23(22)30(24)19-26(32)29(17-20(2)3)18-21(4)5/h6,9-10,12-14,20-21H,7-8,11,15-19H2,1-5H3,(H,27,31)/b12-6+. The highest BCUT2D eigenvalue weighted by Gasteiger charge is 2.19. The van der Waals surface area contributed by atoms with Crippen LogP contribution in [-0.4, -0.2) is 45.9 Å². The number of para-hydroxylation sites is 2. The van der Waals surface area contributed by atoms with Gasteiger partial charge in [-0.15, -0.1) is 0 Å². The molecule has 0 atom stereocenters. The van der Waals surface area contributed by atoms with Crippen molar-refractivity contribution in [2.75, 3.05) is 19.6 Å². The Morgan fingerprint density at radius 1 is 1.06 bits per heavy atom. The van der Waals surface area contributed by atoms with Crippen molar-refractivity contribution in [3.8, 4) is 0 Å². The number of hydrogen-bond donors (Lipinski definition) is 1. The molecule has 0 aliphatic carbocycles. The fourth-order valence-corrected chi connectivity index (χ4v) is 3.89. The first-order valence-corrected chi connectivity index (χ1v) is 11.9. The Labute approximate surface area is 193 Å². The molecule has 0 saturated heterocycles. The molecule has 2 rings (SSSR count).